The predicted octanol–water partition coefficient (Wildman–Crippen LogP) is 1.24. The first-order valence-corrected chi connectivity index (χ1v) is 13.1. The number of morpholine rings is 1. The van der Waals surface area contributed by atoms with Crippen LogP contribution in [-0.4, -0.2) is 109 Å². The van der Waals surface area contributed by atoms with Gasteiger partial charge in [0.2, 0.25) is 5.95 Å². The molecule has 4 aliphatic rings. The van der Waals surface area contributed by atoms with Gasteiger partial charge in [-0.3, -0.25) is 19.8 Å². The van der Waals surface area contributed by atoms with E-state index >= 15 is 0 Å². The van der Waals surface area contributed by atoms with E-state index in [0.29, 0.717) is 35.8 Å². The van der Waals surface area contributed by atoms with Gasteiger partial charge in [0.1, 0.15) is 5.82 Å². The Balaban J connectivity index is 1.32. The lowest BCUT2D eigenvalue weighted by Crippen LogP contribution is -2.53. The zero-order valence-electron chi connectivity index (χ0n) is 19.7. The zero-order valence-corrected chi connectivity index (χ0v) is 20.6. The van der Waals surface area contributed by atoms with E-state index in [1.54, 1.807) is 6.08 Å². The average Bonchev–Trinajstić information content (AvgIpc) is 3.20. The van der Waals surface area contributed by atoms with E-state index < -0.39 is 0 Å². The van der Waals surface area contributed by atoms with Gasteiger partial charge in [0.05, 0.1) is 23.8 Å². The second kappa shape index (κ2) is 10.6. The maximum Gasteiger partial charge on any atom is 0.290 e. The Bertz CT molecular complexity index is 936. The van der Waals surface area contributed by atoms with Gasteiger partial charge in [-0.05, 0) is 50.3 Å². The van der Waals surface area contributed by atoms with Crippen LogP contribution in [0, 0.1) is 0 Å². The number of nitrogens with zero attached hydrogens (tertiary/aromatic N) is 6. The molecular formula is C23H33N7O3S. The molecule has 4 aliphatic heterocycles. The van der Waals surface area contributed by atoms with E-state index in [1.165, 1.54) is 25.9 Å². The molecule has 0 atom stereocenters. The highest BCUT2D eigenvalue weighted by atomic mass is 32.2. The number of aromatic nitrogens is 2. The molecule has 1 aromatic rings. The fourth-order valence-electron chi connectivity index (χ4n) is 5.05. The van der Waals surface area contributed by atoms with Crippen LogP contribution in [-0.2, 0) is 9.53 Å². The minimum atomic E-state index is -0.370. The van der Waals surface area contributed by atoms with Crippen molar-refractivity contribution in [1.29, 1.82) is 0 Å². The smallest absolute Gasteiger partial charge is 0.290 e. The van der Waals surface area contributed by atoms with Gasteiger partial charge in [-0.15, -0.1) is 0 Å². The summed E-state index contributed by atoms with van der Waals surface area (Å²) >= 11 is 0.913. The second-order valence-electron chi connectivity index (χ2n) is 9.09. The maximum absolute atomic E-state index is 12.1. The molecule has 34 heavy (non-hydrogen) atoms. The molecule has 0 bridgehead atoms. The summed E-state index contributed by atoms with van der Waals surface area (Å²) < 4.78 is 5.50. The van der Waals surface area contributed by atoms with E-state index in [4.69, 9.17) is 14.7 Å². The maximum atomic E-state index is 12.1. The first-order valence-electron chi connectivity index (χ1n) is 12.3. The van der Waals surface area contributed by atoms with Crippen LogP contribution < -0.4 is 15.1 Å². The number of ether oxygens (including phenoxy) is 1. The van der Waals surface area contributed by atoms with Gasteiger partial charge in [-0.2, -0.15) is 4.98 Å². The van der Waals surface area contributed by atoms with Crippen molar-refractivity contribution in [2.45, 2.75) is 25.8 Å². The number of piperazine rings is 1. The molecule has 5 heterocycles. The number of imide groups is 1. The van der Waals surface area contributed by atoms with Gasteiger partial charge in [0.25, 0.3) is 11.1 Å². The van der Waals surface area contributed by atoms with E-state index in [1.807, 2.05) is 6.07 Å². The number of hydrogen-bond donors (Lipinski definition) is 1. The minimum absolute atomic E-state index is 0.347. The van der Waals surface area contributed by atoms with Crippen molar-refractivity contribution in [2.75, 3.05) is 81.9 Å². The topological polar surface area (TPSA) is 94.1 Å². The predicted molar refractivity (Wildman–Crippen MR) is 133 cm³/mol. The molecule has 0 spiro atoms. The summed E-state index contributed by atoms with van der Waals surface area (Å²) in [5.41, 5.74) is 0.646. The number of rotatable bonds is 5. The van der Waals surface area contributed by atoms with Crippen LogP contribution in [0.1, 0.15) is 25.5 Å². The summed E-state index contributed by atoms with van der Waals surface area (Å²) in [6.45, 7) is 12.4. The molecular weight excluding hydrogens is 454 g/mol. The average molecular weight is 488 g/mol. The number of hydrogen-bond acceptors (Lipinski definition) is 10. The van der Waals surface area contributed by atoms with Crippen molar-refractivity contribution >= 4 is 40.8 Å². The van der Waals surface area contributed by atoms with E-state index in [0.717, 1.165) is 63.4 Å². The highest BCUT2D eigenvalue weighted by Gasteiger charge is 2.29. The van der Waals surface area contributed by atoms with Gasteiger partial charge in [0.15, 0.2) is 0 Å². The summed E-state index contributed by atoms with van der Waals surface area (Å²) in [4.78, 5) is 43.3. The molecule has 4 fully saturated rings. The van der Waals surface area contributed by atoms with E-state index in [2.05, 4.69) is 31.8 Å². The van der Waals surface area contributed by atoms with Crippen molar-refractivity contribution < 1.29 is 14.3 Å². The molecule has 10 nitrogen and oxygen atoms in total. The molecule has 0 aromatic carbocycles. The Kier molecular flexibility index (Phi) is 7.33. The Hall–Kier alpha value is -2.21. The molecule has 184 valence electrons. The normalized spacial score (nSPS) is 24.8. The Labute approximate surface area is 204 Å². The molecule has 0 saturated carbocycles. The fraction of sp³-hybridized carbons (Fsp3) is 0.652. The van der Waals surface area contributed by atoms with Crippen molar-refractivity contribution in [3.8, 4) is 0 Å². The molecule has 4 saturated heterocycles. The van der Waals surface area contributed by atoms with Crippen molar-refractivity contribution in [1.82, 2.24) is 25.1 Å². The van der Waals surface area contributed by atoms with Crippen LogP contribution in [0.15, 0.2) is 11.0 Å². The van der Waals surface area contributed by atoms with Crippen LogP contribution in [0.2, 0.25) is 0 Å². The number of nitrogens with one attached hydrogen (secondary N) is 1. The van der Waals surface area contributed by atoms with Crippen LogP contribution in [0.5, 0.6) is 0 Å². The van der Waals surface area contributed by atoms with Crippen molar-refractivity contribution in [3.05, 3.63) is 16.7 Å². The van der Waals surface area contributed by atoms with Crippen LogP contribution in [0.4, 0.5) is 16.6 Å². The third-order valence-electron chi connectivity index (χ3n) is 7.09. The van der Waals surface area contributed by atoms with Gasteiger partial charge < -0.3 is 19.4 Å². The number of piperidine rings is 1. The summed E-state index contributed by atoms with van der Waals surface area (Å²) in [5.74, 6) is 1.15. The van der Waals surface area contributed by atoms with Gasteiger partial charge in [-0.1, -0.05) is 6.92 Å². The lowest BCUT2D eigenvalue weighted by Gasteiger charge is -2.42. The molecule has 2 amide bonds. The summed E-state index contributed by atoms with van der Waals surface area (Å²) in [7, 11) is 0. The van der Waals surface area contributed by atoms with Crippen LogP contribution >= 0.6 is 11.8 Å². The molecule has 0 unspecified atom stereocenters. The zero-order chi connectivity index (χ0) is 23.5. The highest BCUT2D eigenvalue weighted by molar-refractivity contribution is 8.18. The summed E-state index contributed by atoms with van der Waals surface area (Å²) in [6.07, 6.45) is 4.18. The Morgan fingerprint density at radius 3 is 2.41 bits per heavy atom. The molecule has 11 heteroatoms. The largest absolute Gasteiger partial charge is 0.378 e. The fourth-order valence-corrected chi connectivity index (χ4v) is 5.72. The number of carbonyl (C=O) groups is 2. The number of likely N-dealkylation sites (tertiary alicyclic amines) is 1. The van der Waals surface area contributed by atoms with Crippen LogP contribution in [0.25, 0.3) is 6.08 Å². The molecule has 0 aliphatic carbocycles. The molecule has 1 aromatic heterocycles. The lowest BCUT2D eigenvalue weighted by atomic mass is 10.0. The van der Waals surface area contributed by atoms with Gasteiger partial charge >= 0.3 is 0 Å². The second-order valence-corrected chi connectivity index (χ2v) is 10.1. The third-order valence-corrected chi connectivity index (χ3v) is 7.91. The monoisotopic (exact) mass is 487 g/mol. The number of anilines is 2. The third kappa shape index (κ3) is 5.37. The summed E-state index contributed by atoms with van der Waals surface area (Å²) in [6, 6.07) is 2.57. The van der Waals surface area contributed by atoms with Crippen molar-refractivity contribution in [3.63, 3.8) is 0 Å². The molecule has 5 rings (SSSR count). The van der Waals surface area contributed by atoms with E-state index in [9.17, 15) is 9.59 Å². The Morgan fingerprint density at radius 1 is 1.03 bits per heavy atom. The quantitative estimate of drug-likeness (QED) is 0.612. The van der Waals surface area contributed by atoms with Gasteiger partial charge in [0, 0.05) is 51.4 Å². The standard InChI is InChI=1S/C23H33N7O3S/c1-2-27-5-3-18(4-6-27)28-7-9-30(10-8-28)22-24-17(15-19-21(31)26-23(32)34-19)16-20(25-22)29-11-13-33-14-12-29/h15-16,18H,2-14H2,1H3,(H,26,31,32). The summed E-state index contributed by atoms with van der Waals surface area (Å²) in [5, 5.41) is 1.97. The molecule has 0 radical (unpaired) electrons. The number of amides is 2. The number of thioether (sulfide) groups is 1. The first kappa shape index (κ1) is 23.5. The van der Waals surface area contributed by atoms with Gasteiger partial charge in [-0.25, -0.2) is 4.98 Å². The highest BCUT2D eigenvalue weighted by Crippen LogP contribution is 2.28. The van der Waals surface area contributed by atoms with E-state index in [-0.39, 0.29) is 11.1 Å². The van der Waals surface area contributed by atoms with Crippen molar-refractivity contribution in [2.24, 2.45) is 0 Å². The molecule has 1 N–H and O–H groups in total. The number of carbonyl (C=O) groups excluding carboxylic acids is 2. The van der Waals surface area contributed by atoms with Crippen LogP contribution in [0.3, 0.4) is 0 Å². The SMILES string of the molecule is CCN1CCC(N2CCN(c3nc(C=C4SC(=O)NC4=O)cc(N4CCOCC4)n3)CC2)CC1. The minimum Gasteiger partial charge on any atom is -0.378 e. The lowest BCUT2D eigenvalue weighted by molar-refractivity contribution is -0.115. The Morgan fingerprint density at radius 2 is 1.76 bits per heavy atom. The first-order chi connectivity index (χ1) is 16.6.